The van der Waals surface area contributed by atoms with E-state index in [1.165, 1.54) is 0 Å². The maximum Gasteiger partial charge on any atom is 0.328 e. The second kappa shape index (κ2) is 6.93. The zero-order valence-corrected chi connectivity index (χ0v) is 15.8. The van der Waals surface area contributed by atoms with Crippen LogP contribution in [0.2, 0.25) is 25.7 Å². The van der Waals surface area contributed by atoms with Crippen molar-refractivity contribution in [1.82, 2.24) is 20.3 Å². The Morgan fingerprint density at radius 1 is 1.28 bits per heavy atom. The molecule has 1 saturated heterocycles. The van der Waals surface area contributed by atoms with Crippen molar-refractivity contribution in [2.45, 2.75) is 38.8 Å². The zero-order chi connectivity index (χ0) is 18.0. The molecule has 0 bridgehead atoms. The van der Waals surface area contributed by atoms with Gasteiger partial charge >= 0.3 is 6.03 Å². The van der Waals surface area contributed by atoms with Crippen molar-refractivity contribution in [3.8, 4) is 0 Å². The molecule has 3 rings (SSSR count). The average molecular weight is 361 g/mol. The number of nitrogens with zero attached hydrogens (tertiary/aromatic N) is 4. The molecule has 3 amide bonds. The van der Waals surface area contributed by atoms with Crippen molar-refractivity contribution in [1.29, 1.82) is 0 Å². The van der Waals surface area contributed by atoms with Crippen molar-refractivity contribution in [2.24, 2.45) is 0 Å². The van der Waals surface area contributed by atoms with Gasteiger partial charge in [-0.2, -0.15) is 0 Å². The molecule has 0 spiro atoms. The minimum atomic E-state index is -1.13. The molecule has 2 heterocycles. The Morgan fingerprint density at radius 2 is 2.08 bits per heavy atom. The summed E-state index contributed by atoms with van der Waals surface area (Å²) < 4.78 is 7.43. The summed E-state index contributed by atoms with van der Waals surface area (Å²) in [6.45, 7) is 8.32. The first-order chi connectivity index (χ1) is 11.8. The lowest BCUT2D eigenvalue weighted by Gasteiger charge is -2.26. The number of fused-ring (bicyclic) bond motifs is 1. The summed E-state index contributed by atoms with van der Waals surface area (Å²) in [7, 11) is -1.13. The van der Waals surface area contributed by atoms with Crippen LogP contribution >= 0.6 is 0 Å². The standard InChI is InChI=1S/C16H23N5O3Si/c1-25(2,3)9-8-24-11-21-14-10-12(4-5-13(14)18-19-21)20-7-6-15(22)17-16(20)23/h4-5,10H,6-9,11H2,1-3H3,(H,17,22,23). The topological polar surface area (TPSA) is 89.3 Å². The smallest absolute Gasteiger partial charge is 0.328 e. The van der Waals surface area contributed by atoms with Crippen molar-refractivity contribution in [2.75, 3.05) is 18.1 Å². The van der Waals surface area contributed by atoms with E-state index in [4.69, 9.17) is 4.74 Å². The molecule has 0 saturated carbocycles. The molecule has 8 nitrogen and oxygen atoms in total. The van der Waals surface area contributed by atoms with E-state index < -0.39 is 14.1 Å². The largest absolute Gasteiger partial charge is 0.359 e. The number of aromatic nitrogens is 3. The number of anilines is 1. The monoisotopic (exact) mass is 361 g/mol. The fourth-order valence-corrected chi connectivity index (χ4v) is 3.31. The van der Waals surface area contributed by atoms with Crippen LogP contribution in [0.25, 0.3) is 11.0 Å². The Labute approximate surface area is 147 Å². The number of imide groups is 1. The van der Waals surface area contributed by atoms with E-state index in [0.717, 1.165) is 17.1 Å². The number of hydrogen-bond donors (Lipinski definition) is 1. The van der Waals surface area contributed by atoms with E-state index in [-0.39, 0.29) is 5.91 Å². The van der Waals surface area contributed by atoms with Crippen LogP contribution in [0, 0.1) is 0 Å². The van der Waals surface area contributed by atoms with E-state index in [1.807, 2.05) is 18.2 Å². The highest BCUT2D eigenvalue weighted by Crippen LogP contribution is 2.22. The first kappa shape index (κ1) is 17.6. The molecular weight excluding hydrogens is 338 g/mol. The quantitative estimate of drug-likeness (QED) is 0.629. The Hall–Kier alpha value is -2.26. The van der Waals surface area contributed by atoms with Crippen molar-refractivity contribution in [3.05, 3.63) is 18.2 Å². The third kappa shape index (κ3) is 4.23. The summed E-state index contributed by atoms with van der Waals surface area (Å²) >= 11 is 0. The van der Waals surface area contributed by atoms with Gasteiger partial charge < -0.3 is 4.74 Å². The summed E-state index contributed by atoms with van der Waals surface area (Å²) in [5.74, 6) is -0.246. The van der Waals surface area contributed by atoms with Gasteiger partial charge in [-0.15, -0.1) is 5.10 Å². The van der Waals surface area contributed by atoms with Gasteiger partial charge in [0.15, 0.2) is 0 Å². The Morgan fingerprint density at radius 3 is 2.80 bits per heavy atom. The number of hydrogen-bond acceptors (Lipinski definition) is 5. The molecule has 0 radical (unpaired) electrons. The van der Waals surface area contributed by atoms with Gasteiger partial charge in [-0.05, 0) is 24.2 Å². The SMILES string of the molecule is C[Si](C)(C)CCOCn1nnc2ccc(N3CCC(=O)NC3=O)cc21. The van der Waals surface area contributed by atoms with Gasteiger partial charge in [0.1, 0.15) is 12.2 Å². The number of urea groups is 1. The van der Waals surface area contributed by atoms with E-state index >= 15 is 0 Å². The highest BCUT2D eigenvalue weighted by molar-refractivity contribution is 6.76. The number of benzene rings is 1. The molecule has 134 valence electrons. The molecule has 1 N–H and O–H groups in total. The highest BCUT2D eigenvalue weighted by Gasteiger charge is 2.24. The zero-order valence-electron chi connectivity index (χ0n) is 14.8. The van der Waals surface area contributed by atoms with E-state index in [0.29, 0.717) is 32.0 Å². The highest BCUT2D eigenvalue weighted by atomic mass is 28.3. The van der Waals surface area contributed by atoms with Crippen LogP contribution < -0.4 is 10.2 Å². The predicted molar refractivity (Wildman–Crippen MR) is 97.1 cm³/mol. The molecule has 0 aliphatic carbocycles. The summed E-state index contributed by atoms with van der Waals surface area (Å²) in [5, 5.41) is 10.6. The number of amides is 3. The van der Waals surface area contributed by atoms with Crippen LogP contribution in [-0.2, 0) is 16.3 Å². The summed E-state index contributed by atoms with van der Waals surface area (Å²) in [6.07, 6.45) is 0.293. The van der Waals surface area contributed by atoms with E-state index in [9.17, 15) is 9.59 Å². The van der Waals surface area contributed by atoms with Gasteiger partial charge in [-0.1, -0.05) is 24.9 Å². The van der Waals surface area contributed by atoms with Crippen LogP contribution in [0.15, 0.2) is 18.2 Å². The minimum absolute atomic E-state index is 0.246. The number of ether oxygens (including phenoxy) is 1. The van der Waals surface area contributed by atoms with Crippen LogP contribution in [-0.4, -0.2) is 48.2 Å². The number of carbonyl (C=O) groups excluding carboxylic acids is 2. The molecule has 1 aromatic heterocycles. The van der Waals surface area contributed by atoms with Crippen LogP contribution in [0.5, 0.6) is 0 Å². The number of nitrogens with one attached hydrogen (secondary N) is 1. The number of rotatable bonds is 6. The van der Waals surface area contributed by atoms with Crippen molar-refractivity contribution < 1.29 is 14.3 Å². The van der Waals surface area contributed by atoms with Crippen LogP contribution in [0.4, 0.5) is 10.5 Å². The summed E-state index contributed by atoms with van der Waals surface area (Å²) in [5.41, 5.74) is 2.25. The van der Waals surface area contributed by atoms with Gasteiger partial charge in [0, 0.05) is 33.3 Å². The normalized spacial score (nSPS) is 15.7. The molecule has 2 aromatic rings. The Kier molecular flexibility index (Phi) is 4.86. The maximum absolute atomic E-state index is 12.0. The molecule has 25 heavy (non-hydrogen) atoms. The van der Waals surface area contributed by atoms with Gasteiger partial charge in [0.2, 0.25) is 5.91 Å². The van der Waals surface area contributed by atoms with Gasteiger partial charge in [0.25, 0.3) is 0 Å². The predicted octanol–water partition coefficient (Wildman–Crippen LogP) is 2.19. The molecule has 1 aliphatic heterocycles. The lowest BCUT2D eigenvalue weighted by Crippen LogP contribution is -2.49. The average Bonchev–Trinajstić information content (AvgIpc) is 2.93. The molecule has 1 aromatic carbocycles. The lowest BCUT2D eigenvalue weighted by molar-refractivity contribution is -0.120. The van der Waals surface area contributed by atoms with E-state index in [2.05, 4.69) is 35.3 Å². The maximum atomic E-state index is 12.0. The fraction of sp³-hybridized carbons (Fsp3) is 0.500. The van der Waals surface area contributed by atoms with Crippen LogP contribution in [0.3, 0.4) is 0 Å². The molecule has 9 heteroatoms. The van der Waals surface area contributed by atoms with E-state index in [1.54, 1.807) is 9.58 Å². The van der Waals surface area contributed by atoms with Crippen LogP contribution in [0.1, 0.15) is 6.42 Å². The molecule has 1 aliphatic rings. The molecule has 1 fully saturated rings. The molecule has 0 unspecified atom stereocenters. The summed E-state index contributed by atoms with van der Waals surface area (Å²) in [4.78, 5) is 24.8. The van der Waals surface area contributed by atoms with Crippen molar-refractivity contribution >= 4 is 36.7 Å². The Balaban J connectivity index is 1.73. The van der Waals surface area contributed by atoms with Gasteiger partial charge in [-0.25, -0.2) is 9.48 Å². The third-order valence-corrected chi connectivity index (χ3v) is 5.78. The molecule has 0 atom stereocenters. The fourth-order valence-electron chi connectivity index (χ4n) is 2.56. The number of carbonyl (C=O) groups is 2. The molecular formula is C16H23N5O3Si. The minimum Gasteiger partial charge on any atom is -0.359 e. The lowest BCUT2D eigenvalue weighted by atomic mass is 10.2. The second-order valence-corrected chi connectivity index (χ2v) is 13.0. The summed E-state index contributed by atoms with van der Waals surface area (Å²) in [6, 6.07) is 6.17. The third-order valence-electron chi connectivity index (χ3n) is 4.07. The van der Waals surface area contributed by atoms with Crippen molar-refractivity contribution in [3.63, 3.8) is 0 Å². The van der Waals surface area contributed by atoms with Gasteiger partial charge in [0.05, 0.1) is 5.52 Å². The first-order valence-corrected chi connectivity index (χ1v) is 12.1. The first-order valence-electron chi connectivity index (χ1n) is 8.36. The second-order valence-electron chi connectivity index (χ2n) is 7.36. The Bertz CT molecular complexity index is 799. The van der Waals surface area contributed by atoms with Gasteiger partial charge in [-0.3, -0.25) is 15.0 Å².